The van der Waals surface area contributed by atoms with Crippen molar-refractivity contribution in [3.8, 4) is 0 Å². The lowest BCUT2D eigenvalue weighted by molar-refractivity contribution is -0.139. The van der Waals surface area contributed by atoms with Crippen molar-refractivity contribution < 1.29 is 9.59 Å². The minimum absolute atomic E-state index is 0.474. The van der Waals surface area contributed by atoms with Gasteiger partial charge in [-0.2, -0.15) is 5.10 Å². The fourth-order valence-corrected chi connectivity index (χ4v) is 2.95. The summed E-state index contributed by atoms with van der Waals surface area (Å²) in [5, 5.41) is 9.91. The van der Waals surface area contributed by atoms with E-state index in [9.17, 15) is 9.59 Å². The minimum atomic E-state index is -0.786. The van der Waals surface area contributed by atoms with E-state index in [0.29, 0.717) is 6.54 Å². The summed E-state index contributed by atoms with van der Waals surface area (Å²) in [5.74, 6) is -1.47. The van der Waals surface area contributed by atoms with Crippen molar-refractivity contribution >= 4 is 45.3 Å². The molecule has 2 aromatic rings. The van der Waals surface area contributed by atoms with Gasteiger partial charge in [0, 0.05) is 28.0 Å². The standard InChI is InChI=1S/C21H25BrN4O2/c1-4-5-11-23-20(27)21(28)26-24-13-16-12-17(22)9-10-18(16)25-19-14(2)7-6-8-15(19)3/h6-10,12-13,25H,4-5,11H2,1-3H3,(H,23,27)(H,26,28)/b24-13-. The van der Waals surface area contributed by atoms with E-state index in [-0.39, 0.29) is 0 Å². The molecule has 0 heterocycles. The molecule has 7 heteroatoms. The Balaban J connectivity index is 2.11. The molecule has 2 amide bonds. The van der Waals surface area contributed by atoms with E-state index in [1.807, 2.05) is 57.2 Å². The monoisotopic (exact) mass is 444 g/mol. The second-order valence-electron chi connectivity index (χ2n) is 6.43. The van der Waals surface area contributed by atoms with Crippen LogP contribution in [0.25, 0.3) is 0 Å². The molecule has 0 fully saturated rings. The number of carbonyl (C=O) groups excluding carboxylic acids is 2. The Hall–Kier alpha value is -2.67. The first-order chi connectivity index (χ1) is 13.4. The van der Waals surface area contributed by atoms with E-state index in [0.717, 1.165) is 45.4 Å². The van der Waals surface area contributed by atoms with E-state index in [4.69, 9.17) is 0 Å². The van der Waals surface area contributed by atoms with Gasteiger partial charge in [0.15, 0.2) is 0 Å². The Kier molecular flexibility index (Phi) is 8.19. The number of benzene rings is 2. The molecule has 3 N–H and O–H groups in total. The van der Waals surface area contributed by atoms with Gasteiger partial charge in [0.25, 0.3) is 0 Å². The van der Waals surface area contributed by atoms with Crippen molar-refractivity contribution in [3.63, 3.8) is 0 Å². The van der Waals surface area contributed by atoms with Crippen LogP contribution in [0.4, 0.5) is 11.4 Å². The van der Waals surface area contributed by atoms with Crippen molar-refractivity contribution in [3.05, 3.63) is 57.6 Å². The maximum absolute atomic E-state index is 11.8. The van der Waals surface area contributed by atoms with Crippen LogP contribution in [0.2, 0.25) is 0 Å². The van der Waals surface area contributed by atoms with Gasteiger partial charge in [0.1, 0.15) is 0 Å². The van der Waals surface area contributed by atoms with E-state index >= 15 is 0 Å². The molecule has 0 aromatic heterocycles. The lowest BCUT2D eigenvalue weighted by atomic mass is 10.1. The number of amides is 2. The third-order valence-electron chi connectivity index (χ3n) is 4.15. The molecule has 148 valence electrons. The highest BCUT2D eigenvalue weighted by Gasteiger charge is 2.11. The number of halogens is 1. The lowest BCUT2D eigenvalue weighted by Crippen LogP contribution is -2.38. The molecule has 0 saturated heterocycles. The van der Waals surface area contributed by atoms with Gasteiger partial charge in [0.2, 0.25) is 0 Å². The summed E-state index contributed by atoms with van der Waals surface area (Å²) in [6.45, 7) is 6.57. The first-order valence-electron chi connectivity index (χ1n) is 9.16. The Labute approximate surface area is 173 Å². The number of nitrogens with one attached hydrogen (secondary N) is 3. The number of carbonyl (C=O) groups is 2. The summed E-state index contributed by atoms with van der Waals surface area (Å²) >= 11 is 3.45. The van der Waals surface area contributed by atoms with Crippen LogP contribution in [-0.2, 0) is 9.59 Å². The Bertz CT molecular complexity index is 860. The highest BCUT2D eigenvalue weighted by Crippen LogP contribution is 2.27. The third-order valence-corrected chi connectivity index (χ3v) is 4.64. The molecule has 0 aliphatic rings. The summed E-state index contributed by atoms with van der Waals surface area (Å²) < 4.78 is 0.879. The quantitative estimate of drug-likeness (QED) is 0.259. The molecule has 2 rings (SSSR count). The van der Waals surface area contributed by atoms with Gasteiger partial charge in [-0.25, -0.2) is 5.43 Å². The summed E-state index contributed by atoms with van der Waals surface area (Å²) in [7, 11) is 0. The first kappa shape index (κ1) is 21.6. The second kappa shape index (κ2) is 10.6. The van der Waals surface area contributed by atoms with Gasteiger partial charge in [-0.05, 0) is 49.6 Å². The number of unbranched alkanes of at least 4 members (excludes halogenated alkanes) is 1. The van der Waals surface area contributed by atoms with Gasteiger partial charge >= 0.3 is 11.8 Å². The number of aryl methyl sites for hydroxylation is 2. The predicted molar refractivity (Wildman–Crippen MR) is 117 cm³/mol. The van der Waals surface area contributed by atoms with Crippen molar-refractivity contribution in [2.75, 3.05) is 11.9 Å². The Morgan fingerprint density at radius 3 is 2.50 bits per heavy atom. The summed E-state index contributed by atoms with van der Waals surface area (Å²) in [6.07, 6.45) is 3.28. The fraction of sp³-hybridized carbons (Fsp3) is 0.286. The zero-order chi connectivity index (χ0) is 20.5. The number of hydrazone groups is 1. The number of hydrogen-bond acceptors (Lipinski definition) is 4. The molecule has 0 aliphatic heterocycles. The van der Waals surface area contributed by atoms with Crippen LogP contribution < -0.4 is 16.1 Å². The topological polar surface area (TPSA) is 82.6 Å². The molecular weight excluding hydrogens is 420 g/mol. The molecule has 0 unspecified atom stereocenters. The molecule has 28 heavy (non-hydrogen) atoms. The maximum atomic E-state index is 11.8. The van der Waals surface area contributed by atoms with E-state index in [1.165, 1.54) is 6.21 Å². The maximum Gasteiger partial charge on any atom is 0.329 e. The van der Waals surface area contributed by atoms with Gasteiger partial charge < -0.3 is 10.6 Å². The number of anilines is 2. The molecule has 0 bridgehead atoms. The van der Waals surface area contributed by atoms with Crippen molar-refractivity contribution in [2.24, 2.45) is 5.10 Å². The van der Waals surface area contributed by atoms with Crippen LogP contribution in [0.5, 0.6) is 0 Å². The van der Waals surface area contributed by atoms with Crippen LogP contribution in [0.1, 0.15) is 36.5 Å². The van der Waals surface area contributed by atoms with Gasteiger partial charge in [-0.3, -0.25) is 9.59 Å². The van der Waals surface area contributed by atoms with Crippen molar-refractivity contribution in [1.82, 2.24) is 10.7 Å². The van der Waals surface area contributed by atoms with Gasteiger partial charge in [-0.15, -0.1) is 0 Å². The molecule has 0 atom stereocenters. The van der Waals surface area contributed by atoms with Crippen LogP contribution in [0.3, 0.4) is 0 Å². The molecule has 0 saturated carbocycles. The number of para-hydroxylation sites is 1. The number of rotatable bonds is 7. The summed E-state index contributed by atoms with van der Waals surface area (Å²) in [4.78, 5) is 23.5. The van der Waals surface area contributed by atoms with Crippen LogP contribution in [0, 0.1) is 13.8 Å². The lowest BCUT2D eigenvalue weighted by Gasteiger charge is -2.14. The minimum Gasteiger partial charge on any atom is -0.355 e. The summed E-state index contributed by atoms with van der Waals surface area (Å²) in [5.41, 5.74) is 7.15. The molecule has 0 radical (unpaired) electrons. The van der Waals surface area contributed by atoms with Crippen molar-refractivity contribution in [1.29, 1.82) is 0 Å². The molecule has 6 nitrogen and oxygen atoms in total. The zero-order valence-electron chi connectivity index (χ0n) is 16.3. The van der Waals surface area contributed by atoms with Crippen LogP contribution >= 0.6 is 15.9 Å². The number of hydrogen-bond donors (Lipinski definition) is 3. The van der Waals surface area contributed by atoms with Crippen LogP contribution in [0.15, 0.2) is 46.0 Å². The molecule has 0 aliphatic carbocycles. The predicted octanol–water partition coefficient (Wildman–Crippen LogP) is 4.18. The van der Waals surface area contributed by atoms with E-state index in [1.54, 1.807) is 0 Å². The third kappa shape index (κ3) is 6.20. The SMILES string of the molecule is CCCCNC(=O)C(=O)N/N=C\c1cc(Br)ccc1Nc1c(C)cccc1C. The molecular formula is C21H25BrN4O2. The fourth-order valence-electron chi connectivity index (χ4n) is 2.57. The average molecular weight is 445 g/mol. The van der Waals surface area contributed by atoms with E-state index < -0.39 is 11.8 Å². The van der Waals surface area contributed by atoms with E-state index in [2.05, 4.69) is 37.1 Å². The molecule has 0 spiro atoms. The highest BCUT2D eigenvalue weighted by atomic mass is 79.9. The largest absolute Gasteiger partial charge is 0.355 e. The highest BCUT2D eigenvalue weighted by molar-refractivity contribution is 9.10. The Morgan fingerprint density at radius 1 is 1.11 bits per heavy atom. The second-order valence-corrected chi connectivity index (χ2v) is 7.35. The number of nitrogens with zero attached hydrogens (tertiary/aromatic N) is 1. The average Bonchev–Trinajstić information content (AvgIpc) is 2.66. The summed E-state index contributed by atoms with van der Waals surface area (Å²) in [6, 6.07) is 11.8. The normalized spacial score (nSPS) is 10.7. The Morgan fingerprint density at radius 2 is 1.82 bits per heavy atom. The molecule has 2 aromatic carbocycles. The smallest absolute Gasteiger partial charge is 0.329 e. The van der Waals surface area contributed by atoms with Gasteiger partial charge in [-0.1, -0.05) is 47.5 Å². The van der Waals surface area contributed by atoms with Gasteiger partial charge in [0.05, 0.1) is 6.21 Å². The zero-order valence-corrected chi connectivity index (χ0v) is 17.9. The van der Waals surface area contributed by atoms with Crippen LogP contribution in [-0.4, -0.2) is 24.6 Å². The van der Waals surface area contributed by atoms with Crippen molar-refractivity contribution in [2.45, 2.75) is 33.6 Å². The first-order valence-corrected chi connectivity index (χ1v) is 9.95.